The van der Waals surface area contributed by atoms with E-state index in [0.29, 0.717) is 6.54 Å². The van der Waals surface area contributed by atoms with Crippen LogP contribution in [0.2, 0.25) is 0 Å². The number of amides is 1. The van der Waals surface area contributed by atoms with Gasteiger partial charge in [-0.15, -0.1) is 0 Å². The summed E-state index contributed by atoms with van der Waals surface area (Å²) in [5.41, 5.74) is 0.880. The van der Waals surface area contributed by atoms with Crippen molar-refractivity contribution in [3.05, 3.63) is 36.2 Å². The molecule has 5 heteroatoms. The van der Waals surface area contributed by atoms with Crippen LogP contribution in [-0.2, 0) is 9.59 Å². The number of carboxylic acids is 1. The summed E-state index contributed by atoms with van der Waals surface area (Å²) in [4.78, 5) is 28.1. The molecule has 1 aromatic rings. The molecule has 0 saturated heterocycles. The fourth-order valence-corrected chi connectivity index (χ4v) is 1.53. The molecule has 1 aromatic heterocycles. The third-order valence-electron chi connectivity index (χ3n) is 2.73. The van der Waals surface area contributed by atoms with Gasteiger partial charge in [-0.3, -0.25) is 14.6 Å². The summed E-state index contributed by atoms with van der Waals surface area (Å²) in [6.07, 6.45) is 6.44. The minimum absolute atomic E-state index is 0.188. The van der Waals surface area contributed by atoms with E-state index < -0.39 is 11.9 Å². The second kappa shape index (κ2) is 7.31. The lowest BCUT2D eigenvalue weighted by molar-refractivity contribution is -0.142. The largest absolute Gasteiger partial charge is 0.481 e. The van der Waals surface area contributed by atoms with Gasteiger partial charge >= 0.3 is 5.97 Å². The Balaban J connectivity index is 2.64. The molecule has 0 radical (unpaired) electrons. The van der Waals surface area contributed by atoms with Crippen LogP contribution in [0.3, 0.4) is 0 Å². The molecule has 0 saturated carbocycles. The Morgan fingerprint density at radius 3 is 2.58 bits per heavy atom. The first-order valence-electron chi connectivity index (χ1n) is 6.14. The Labute approximate surface area is 112 Å². The third-order valence-corrected chi connectivity index (χ3v) is 2.73. The molecule has 0 fully saturated rings. The molecule has 19 heavy (non-hydrogen) atoms. The van der Waals surface area contributed by atoms with Crippen molar-refractivity contribution in [3.63, 3.8) is 0 Å². The summed E-state index contributed by atoms with van der Waals surface area (Å²) in [7, 11) is 0. The van der Waals surface area contributed by atoms with Crippen molar-refractivity contribution in [2.45, 2.75) is 13.8 Å². The molecule has 0 aromatic carbocycles. The van der Waals surface area contributed by atoms with Crippen LogP contribution in [0, 0.1) is 5.92 Å². The Bertz CT molecular complexity index is 457. The molecule has 0 aliphatic carbocycles. The van der Waals surface area contributed by atoms with E-state index in [0.717, 1.165) is 5.56 Å². The highest BCUT2D eigenvalue weighted by atomic mass is 16.4. The van der Waals surface area contributed by atoms with E-state index in [4.69, 9.17) is 5.11 Å². The minimum atomic E-state index is -0.899. The van der Waals surface area contributed by atoms with E-state index in [2.05, 4.69) is 4.98 Å². The Morgan fingerprint density at radius 2 is 2.05 bits per heavy atom. The van der Waals surface area contributed by atoms with E-state index in [9.17, 15) is 9.59 Å². The van der Waals surface area contributed by atoms with Crippen molar-refractivity contribution in [2.24, 2.45) is 5.92 Å². The number of carbonyl (C=O) groups excluding carboxylic acids is 1. The zero-order valence-corrected chi connectivity index (χ0v) is 11.1. The number of nitrogens with zero attached hydrogens (tertiary/aromatic N) is 2. The number of carboxylic acid groups (broad SMARTS) is 1. The van der Waals surface area contributed by atoms with Gasteiger partial charge in [-0.1, -0.05) is 6.92 Å². The summed E-state index contributed by atoms with van der Waals surface area (Å²) >= 11 is 0. The molecule has 1 N–H and O–H groups in total. The van der Waals surface area contributed by atoms with Crippen LogP contribution in [-0.4, -0.2) is 40.0 Å². The zero-order valence-electron chi connectivity index (χ0n) is 11.1. The number of carbonyl (C=O) groups is 2. The molecule has 0 spiro atoms. The average Bonchev–Trinajstić information content (AvgIpc) is 2.42. The van der Waals surface area contributed by atoms with E-state index in [1.807, 2.05) is 6.92 Å². The predicted octanol–water partition coefficient (Wildman–Crippen LogP) is 1.66. The van der Waals surface area contributed by atoms with Crippen molar-refractivity contribution >= 4 is 18.0 Å². The fourth-order valence-electron chi connectivity index (χ4n) is 1.53. The molecule has 0 aliphatic heterocycles. The first kappa shape index (κ1) is 14.9. The number of pyridine rings is 1. The highest BCUT2D eigenvalue weighted by Gasteiger charge is 2.17. The van der Waals surface area contributed by atoms with Crippen molar-refractivity contribution in [1.82, 2.24) is 9.88 Å². The molecule has 1 unspecified atom stereocenters. The highest BCUT2D eigenvalue weighted by molar-refractivity contribution is 5.92. The van der Waals surface area contributed by atoms with Crippen molar-refractivity contribution < 1.29 is 14.7 Å². The second-order valence-corrected chi connectivity index (χ2v) is 4.23. The molecule has 102 valence electrons. The van der Waals surface area contributed by atoms with Gasteiger partial charge in [-0.25, -0.2) is 0 Å². The fraction of sp³-hybridized carbons (Fsp3) is 0.357. The molecule has 5 nitrogen and oxygen atoms in total. The summed E-state index contributed by atoms with van der Waals surface area (Å²) in [6.45, 7) is 4.11. The lowest BCUT2D eigenvalue weighted by atomic mass is 10.1. The van der Waals surface area contributed by atoms with Gasteiger partial charge in [0.05, 0.1) is 5.92 Å². The van der Waals surface area contributed by atoms with Gasteiger partial charge in [-0.2, -0.15) is 0 Å². The summed E-state index contributed by atoms with van der Waals surface area (Å²) in [5, 5.41) is 8.85. The maximum atomic E-state index is 11.9. The van der Waals surface area contributed by atoms with Gasteiger partial charge < -0.3 is 10.0 Å². The van der Waals surface area contributed by atoms with Gasteiger partial charge in [0.25, 0.3) is 0 Å². The maximum Gasteiger partial charge on any atom is 0.308 e. The van der Waals surface area contributed by atoms with Crippen LogP contribution in [0.1, 0.15) is 19.4 Å². The van der Waals surface area contributed by atoms with Gasteiger partial charge in [0.1, 0.15) is 0 Å². The highest BCUT2D eigenvalue weighted by Crippen LogP contribution is 2.04. The van der Waals surface area contributed by atoms with Crippen molar-refractivity contribution in [2.75, 3.05) is 13.1 Å². The normalized spacial score (nSPS) is 12.3. The smallest absolute Gasteiger partial charge is 0.308 e. The Hall–Kier alpha value is -2.17. The number of likely N-dealkylation sites (N-methyl/N-ethyl adjacent to an activating group) is 1. The average molecular weight is 262 g/mol. The third kappa shape index (κ3) is 4.91. The summed E-state index contributed by atoms with van der Waals surface area (Å²) in [6, 6.07) is 3.58. The standard InChI is InChI=1S/C14H18N2O3/c1-3-16(10-11(2)14(18)19)13(17)5-4-12-6-8-15-9-7-12/h4-9,11H,3,10H2,1-2H3,(H,18,19). The van der Waals surface area contributed by atoms with Crippen LogP contribution in [0.5, 0.6) is 0 Å². The first-order chi connectivity index (χ1) is 9.04. The van der Waals surface area contributed by atoms with E-state index >= 15 is 0 Å². The lowest BCUT2D eigenvalue weighted by Crippen LogP contribution is -2.35. The Morgan fingerprint density at radius 1 is 1.42 bits per heavy atom. The summed E-state index contributed by atoms with van der Waals surface area (Å²) in [5.74, 6) is -1.66. The predicted molar refractivity (Wildman–Crippen MR) is 72.3 cm³/mol. The van der Waals surface area contributed by atoms with E-state index in [-0.39, 0.29) is 12.5 Å². The summed E-state index contributed by atoms with van der Waals surface area (Å²) < 4.78 is 0. The molecule has 1 amide bonds. The number of hydrogen-bond acceptors (Lipinski definition) is 3. The van der Waals surface area contributed by atoms with Gasteiger partial charge in [0.15, 0.2) is 0 Å². The van der Waals surface area contributed by atoms with Crippen molar-refractivity contribution in [1.29, 1.82) is 0 Å². The maximum absolute atomic E-state index is 11.9. The number of aliphatic carboxylic acids is 1. The van der Waals surface area contributed by atoms with E-state index in [1.54, 1.807) is 37.5 Å². The number of hydrogen-bond donors (Lipinski definition) is 1. The van der Waals surface area contributed by atoms with Gasteiger partial charge in [-0.05, 0) is 30.7 Å². The monoisotopic (exact) mass is 262 g/mol. The molecular weight excluding hydrogens is 244 g/mol. The van der Waals surface area contributed by atoms with Gasteiger partial charge in [0.2, 0.25) is 5.91 Å². The van der Waals surface area contributed by atoms with E-state index in [1.165, 1.54) is 11.0 Å². The number of aromatic nitrogens is 1. The molecule has 0 aliphatic rings. The molecule has 1 heterocycles. The van der Waals surface area contributed by atoms with Crippen molar-refractivity contribution in [3.8, 4) is 0 Å². The first-order valence-corrected chi connectivity index (χ1v) is 6.14. The van der Waals surface area contributed by atoms with Crippen LogP contribution in [0.4, 0.5) is 0 Å². The van der Waals surface area contributed by atoms with Crippen LogP contribution < -0.4 is 0 Å². The van der Waals surface area contributed by atoms with Crippen LogP contribution in [0.15, 0.2) is 30.6 Å². The van der Waals surface area contributed by atoms with Crippen LogP contribution >= 0.6 is 0 Å². The quantitative estimate of drug-likeness (QED) is 0.791. The number of rotatable bonds is 6. The SMILES string of the molecule is CCN(CC(C)C(=O)O)C(=O)C=Cc1ccncc1. The lowest BCUT2D eigenvalue weighted by Gasteiger charge is -2.21. The second-order valence-electron chi connectivity index (χ2n) is 4.23. The molecular formula is C14H18N2O3. The minimum Gasteiger partial charge on any atom is -0.481 e. The molecule has 1 atom stereocenters. The van der Waals surface area contributed by atoms with Gasteiger partial charge in [0, 0.05) is 31.6 Å². The zero-order chi connectivity index (χ0) is 14.3. The molecule has 1 rings (SSSR count). The molecule has 0 bridgehead atoms. The van der Waals surface area contributed by atoms with Crippen LogP contribution in [0.25, 0.3) is 6.08 Å². The topological polar surface area (TPSA) is 70.5 Å². The Kier molecular flexibility index (Phi) is 5.73.